The molecular formula is C22H20O7. The summed E-state index contributed by atoms with van der Waals surface area (Å²) in [7, 11) is 4.64. The summed E-state index contributed by atoms with van der Waals surface area (Å²) < 4.78 is 31.5. The Morgan fingerprint density at radius 1 is 1.03 bits per heavy atom. The maximum atomic E-state index is 11.8. The lowest BCUT2D eigenvalue weighted by Crippen LogP contribution is -2.00. The van der Waals surface area contributed by atoms with Gasteiger partial charge < -0.3 is 28.4 Å². The van der Waals surface area contributed by atoms with E-state index >= 15 is 0 Å². The Hall–Kier alpha value is -3.79. The Morgan fingerprint density at radius 3 is 2.45 bits per heavy atom. The number of carbonyl (C=O) groups is 1. The lowest BCUT2D eigenvalue weighted by atomic mass is 10.1. The highest BCUT2D eigenvalue weighted by atomic mass is 16.7. The molecule has 0 N–H and O–H groups in total. The third-order valence-electron chi connectivity index (χ3n) is 3.99. The van der Waals surface area contributed by atoms with E-state index in [0.29, 0.717) is 34.3 Å². The van der Waals surface area contributed by atoms with Gasteiger partial charge >= 0.3 is 5.97 Å². The number of hydrogen-bond donors (Lipinski definition) is 0. The van der Waals surface area contributed by atoms with Crippen LogP contribution in [-0.4, -0.2) is 40.7 Å². The van der Waals surface area contributed by atoms with E-state index in [4.69, 9.17) is 28.4 Å². The summed E-state index contributed by atoms with van der Waals surface area (Å²) in [5, 5.41) is 0. The van der Waals surface area contributed by atoms with Gasteiger partial charge in [-0.15, -0.1) is 0 Å². The lowest BCUT2D eigenvalue weighted by Gasteiger charge is -2.12. The molecule has 0 saturated heterocycles. The van der Waals surface area contributed by atoms with Crippen LogP contribution in [0.4, 0.5) is 0 Å². The van der Waals surface area contributed by atoms with Gasteiger partial charge in [0.2, 0.25) is 12.5 Å². The van der Waals surface area contributed by atoms with Crippen molar-refractivity contribution < 1.29 is 33.2 Å². The zero-order valence-corrected chi connectivity index (χ0v) is 16.3. The van der Waals surface area contributed by atoms with Crippen LogP contribution in [0.1, 0.15) is 11.1 Å². The van der Waals surface area contributed by atoms with Gasteiger partial charge in [-0.2, -0.15) is 0 Å². The van der Waals surface area contributed by atoms with Crippen molar-refractivity contribution in [2.75, 3.05) is 34.7 Å². The molecule has 2 aromatic rings. The van der Waals surface area contributed by atoms with E-state index < -0.39 is 5.97 Å². The number of fused-ring (bicyclic) bond motifs is 1. The molecule has 0 bridgehead atoms. The number of benzene rings is 2. The van der Waals surface area contributed by atoms with E-state index in [1.807, 2.05) is 0 Å². The van der Waals surface area contributed by atoms with Gasteiger partial charge in [0.15, 0.2) is 23.0 Å². The molecule has 0 atom stereocenters. The molecular weight excluding hydrogens is 376 g/mol. The van der Waals surface area contributed by atoms with Gasteiger partial charge in [0.05, 0.1) is 21.3 Å². The number of methoxy groups -OCH3 is 3. The van der Waals surface area contributed by atoms with Crippen LogP contribution in [0.2, 0.25) is 0 Å². The smallest absolute Gasteiger partial charge is 0.385 e. The van der Waals surface area contributed by atoms with Crippen molar-refractivity contribution in [3.05, 3.63) is 47.5 Å². The molecule has 7 nitrogen and oxygen atoms in total. The predicted octanol–water partition coefficient (Wildman–Crippen LogP) is 3.05. The first kappa shape index (κ1) is 20.0. The Bertz CT molecular complexity index is 957. The van der Waals surface area contributed by atoms with Gasteiger partial charge in [-0.1, -0.05) is 12.0 Å². The molecule has 0 fully saturated rings. The van der Waals surface area contributed by atoms with Gasteiger partial charge in [-0.3, -0.25) is 0 Å². The summed E-state index contributed by atoms with van der Waals surface area (Å²) in [5.74, 6) is 7.42. The van der Waals surface area contributed by atoms with E-state index in [2.05, 4.69) is 11.8 Å². The minimum absolute atomic E-state index is 0.0747. The van der Waals surface area contributed by atoms with Gasteiger partial charge in [0.1, 0.15) is 6.61 Å². The van der Waals surface area contributed by atoms with E-state index in [-0.39, 0.29) is 13.4 Å². The number of ether oxygens (including phenoxy) is 6. The van der Waals surface area contributed by atoms with Crippen molar-refractivity contribution in [2.24, 2.45) is 0 Å². The van der Waals surface area contributed by atoms with Crippen LogP contribution in [0.25, 0.3) is 6.08 Å². The minimum atomic E-state index is -0.628. The maximum Gasteiger partial charge on any atom is 0.385 e. The number of carbonyl (C=O) groups excluding carboxylic acids is 1. The van der Waals surface area contributed by atoms with Gasteiger partial charge in [0, 0.05) is 11.5 Å². The van der Waals surface area contributed by atoms with Crippen LogP contribution >= 0.6 is 0 Å². The molecule has 0 amide bonds. The van der Waals surface area contributed by atoms with Crippen LogP contribution in [0.15, 0.2) is 36.4 Å². The molecule has 1 heterocycles. The Balaban J connectivity index is 1.57. The van der Waals surface area contributed by atoms with Crippen molar-refractivity contribution in [1.29, 1.82) is 0 Å². The third kappa shape index (κ3) is 4.93. The van der Waals surface area contributed by atoms with Gasteiger partial charge in [-0.05, 0) is 42.0 Å². The van der Waals surface area contributed by atoms with Crippen molar-refractivity contribution in [3.8, 4) is 40.6 Å². The maximum absolute atomic E-state index is 11.8. The first-order chi connectivity index (χ1) is 14.1. The van der Waals surface area contributed by atoms with Crippen molar-refractivity contribution >= 4 is 12.0 Å². The molecule has 0 aromatic heterocycles. The van der Waals surface area contributed by atoms with Gasteiger partial charge in [-0.25, -0.2) is 4.79 Å². The molecule has 0 aliphatic carbocycles. The Morgan fingerprint density at radius 2 is 1.76 bits per heavy atom. The van der Waals surface area contributed by atoms with Crippen LogP contribution in [0, 0.1) is 11.8 Å². The molecule has 29 heavy (non-hydrogen) atoms. The normalized spacial score (nSPS) is 11.6. The zero-order chi connectivity index (χ0) is 20.6. The highest BCUT2D eigenvalue weighted by Crippen LogP contribution is 2.38. The van der Waals surface area contributed by atoms with Crippen LogP contribution < -0.4 is 23.7 Å². The summed E-state index contributed by atoms with van der Waals surface area (Å²) in [5.41, 5.74) is 1.45. The summed E-state index contributed by atoms with van der Waals surface area (Å²) in [4.78, 5) is 11.8. The molecule has 7 heteroatoms. The first-order valence-electron chi connectivity index (χ1n) is 8.69. The molecule has 0 saturated carbocycles. The molecule has 1 aliphatic heterocycles. The van der Waals surface area contributed by atoms with Crippen molar-refractivity contribution in [3.63, 3.8) is 0 Å². The average Bonchev–Trinajstić information content (AvgIpc) is 3.22. The molecule has 150 valence electrons. The van der Waals surface area contributed by atoms with Gasteiger partial charge in [0.25, 0.3) is 0 Å². The van der Waals surface area contributed by atoms with E-state index in [9.17, 15) is 4.79 Å². The van der Waals surface area contributed by atoms with E-state index in [0.717, 1.165) is 5.56 Å². The molecule has 2 aromatic carbocycles. The second-order valence-corrected chi connectivity index (χ2v) is 5.78. The fourth-order valence-electron chi connectivity index (χ4n) is 2.64. The molecule has 3 rings (SSSR count). The fourth-order valence-corrected chi connectivity index (χ4v) is 2.64. The molecule has 1 aliphatic rings. The highest BCUT2D eigenvalue weighted by Gasteiger charge is 2.13. The summed E-state index contributed by atoms with van der Waals surface area (Å²) in [6.45, 7) is 0.262. The highest BCUT2D eigenvalue weighted by molar-refractivity contribution is 5.89. The molecule has 0 unspecified atom stereocenters. The van der Waals surface area contributed by atoms with Crippen LogP contribution in [0.3, 0.4) is 0 Å². The zero-order valence-electron chi connectivity index (χ0n) is 16.3. The van der Waals surface area contributed by atoms with Crippen molar-refractivity contribution in [2.45, 2.75) is 0 Å². The number of esters is 1. The second-order valence-electron chi connectivity index (χ2n) is 5.78. The number of rotatable bonds is 6. The molecule has 0 radical (unpaired) electrons. The third-order valence-corrected chi connectivity index (χ3v) is 3.99. The lowest BCUT2D eigenvalue weighted by molar-refractivity contribution is -0.135. The second kappa shape index (κ2) is 9.42. The fraction of sp³-hybridized carbons (Fsp3) is 0.227. The number of hydrogen-bond acceptors (Lipinski definition) is 7. The SMILES string of the molecule is COc1cc(/C=C/COC(=O)C#Cc2ccc3c(c2)OCO3)cc(OC)c1OC. The monoisotopic (exact) mass is 396 g/mol. The average molecular weight is 396 g/mol. The topological polar surface area (TPSA) is 72.5 Å². The predicted molar refractivity (Wildman–Crippen MR) is 106 cm³/mol. The quantitative estimate of drug-likeness (QED) is 0.549. The largest absolute Gasteiger partial charge is 0.493 e. The Kier molecular flexibility index (Phi) is 6.48. The first-order valence-corrected chi connectivity index (χ1v) is 8.69. The Labute approximate surface area is 168 Å². The standard InChI is InChI=1S/C22H20O7/c1-24-19-12-16(13-20(25-2)22(19)26-3)5-4-10-27-21(23)9-7-15-6-8-17-18(11-15)29-14-28-17/h4-6,8,11-13H,10,14H2,1-3H3/b5-4+. The van der Waals surface area contributed by atoms with E-state index in [1.165, 1.54) is 0 Å². The van der Waals surface area contributed by atoms with E-state index in [1.54, 1.807) is 63.8 Å². The van der Waals surface area contributed by atoms with Crippen LogP contribution in [-0.2, 0) is 9.53 Å². The summed E-state index contributed by atoms with van der Waals surface area (Å²) in [6, 6.07) is 8.79. The molecule has 0 spiro atoms. The summed E-state index contributed by atoms with van der Waals surface area (Å²) in [6.07, 6.45) is 3.48. The minimum Gasteiger partial charge on any atom is -0.493 e. The van der Waals surface area contributed by atoms with Crippen molar-refractivity contribution in [1.82, 2.24) is 0 Å². The van der Waals surface area contributed by atoms with Crippen LogP contribution in [0.5, 0.6) is 28.7 Å². The summed E-state index contributed by atoms with van der Waals surface area (Å²) >= 11 is 0.